The van der Waals surface area contributed by atoms with E-state index in [1.54, 1.807) is 17.0 Å². The Kier molecular flexibility index (Phi) is 5.68. The molecule has 0 aliphatic carbocycles. The van der Waals surface area contributed by atoms with Gasteiger partial charge in [-0.05, 0) is 41.6 Å². The van der Waals surface area contributed by atoms with Crippen molar-refractivity contribution < 1.29 is 18.3 Å². The molecule has 1 amide bonds. The van der Waals surface area contributed by atoms with E-state index in [4.69, 9.17) is 9.15 Å². The van der Waals surface area contributed by atoms with Gasteiger partial charge in [-0.3, -0.25) is 4.79 Å². The van der Waals surface area contributed by atoms with Crippen LogP contribution in [0, 0.1) is 5.82 Å². The van der Waals surface area contributed by atoms with E-state index in [0.29, 0.717) is 31.9 Å². The lowest BCUT2D eigenvalue weighted by Crippen LogP contribution is -2.42. The van der Waals surface area contributed by atoms with E-state index in [2.05, 4.69) is 10.2 Å². The second-order valence-electron chi connectivity index (χ2n) is 6.23. The van der Waals surface area contributed by atoms with Crippen molar-refractivity contribution in [1.82, 2.24) is 15.1 Å². The molecule has 1 saturated heterocycles. The molecule has 4 rings (SSSR count). The van der Waals surface area contributed by atoms with Crippen LogP contribution in [-0.2, 0) is 9.53 Å². The van der Waals surface area contributed by atoms with Crippen LogP contribution in [0.4, 0.5) is 4.39 Å². The second kappa shape index (κ2) is 8.53. The number of hydrogen-bond acceptors (Lipinski definition) is 6. The molecule has 1 aliphatic rings. The van der Waals surface area contributed by atoms with Gasteiger partial charge in [0, 0.05) is 18.7 Å². The second-order valence-corrected chi connectivity index (χ2v) is 7.28. The lowest BCUT2D eigenvalue weighted by atomic mass is 10.1. The fraction of sp³-hybridized carbons (Fsp3) is 0.250. The number of amides is 1. The molecule has 0 radical (unpaired) electrons. The average Bonchev–Trinajstić information content (AvgIpc) is 3.22. The molecule has 1 atom stereocenters. The van der Waals surface area contributed by atoms with Crippen molar-refractivity contribution in [1.29, 1.82) is 0 Å². The largest absolute Gasteiger partial charge is 0.411 e. The van der Waals surface area contributed by atoms with Crippen molar-refractivity contribution in [2.75, 3.05) is 26.3 Å². The highest BCUT2D eigenvalue weighted by Gasteiger charge is 2.30. The molecule has 144 valence electrons. The first-order chi connectivity index (χ1) is 13.7. The van der Waals surface area contributed by atoms with Crippen LogP contribution in [0.1, 0.15) is 10.8 Å². The number of halogens is 1. The van der Waals surface area contributed by atoms with Crippen LogP contribution in [-0.4, -0.2) is 47.3 Å². The molecule has 2 heterocycles. The number of benzene rings is 2. The minimum absolute atomic E-state index is 0.0129. The van der Waals surface area contributed by atoms with Crippen molar-refractivity contribution in [3.63, 3.8) is 0 Å². The molecule has 0 N–H and O–H groups in total. The third kappa shape index (κ3) is 4.23. The Morgan fingerprint density at radius 1 is 1.04 bits per heavy atom. The zero-order valence-electron chi connectivity index (χ0n) is 15.0. The van der Waals surface area contributed by atoms with Gasteiger partial charge in [0.2, 0.25) is 11.8 Å². The molecule has 3 aromatic rings. The van der Waals surface area contributed by atoms with Gasteiger partial charge in [-0.2, -0.15) is 0 Å². The molecule has 6 nitrogen and oxygen atoms in total. The molecule has 1 aliphatic heterocycles. The minimum Gasteiger partial charge on any atom is -0.411 e. The Balaban J connectivity index is 1.57. The fourth-order valence-electron chi connectivity index (χ4n) is 2.91. The van der Waals surface area contributed by atoms with Gasteiger partial charge in [0.05, 0.1) is 13.2 Å². The highest BCUT2D eigenvalue weighted by molar-refractivity contribution is 8.00. The number of carbonyl (C=O) groups excluding carboxylic acids is 1. The third-order valence-electron chi connectivity index (χ3n) is 4.37. The van der Waals surface area contributed by atoms with E-state index in [0.717, 1.165) is 5.56 Å². The van der Waals surface area contributed by atoms with E-state index in [1.165, 1.54) is 23.9 Å². The summed E-state index contributed by atoms with van der Waals surface area (Å²) in [5, 5.41) is 7.88. The predicted octanol–water partition coefficient (Wildman–Crippen LogP) is 3.57. The number of hydrogen-bond donors (Lipinski definition) is 0. The van der Waals surface area contributed by atoms with Crippen LogP contribution in [0.25, 0.3) is 11.5 Å². The summed E-state index contributed by atoms with van der Waals surface area (Å²) in [7, 11) is 0. The molecule has 1 fully saturated rings. The number of thioether (sulfide) groups is 1. The summed E-state index contributed by atoms with van der Waals surface area (Å²) >= 11 is 1.22. The summed E-state index contributed by atoms with van der Waals surface area (Å²) in [6, 6.07) is 15.3. The van der Waals surface area contributed by atoms with E-state index in [1.807, 2.05) is 30.3 Å². The zero-order valence-corrected chi connectivity index (χ0v) is 15.8. The third-order valence-corrected chi connectivity index (χ3v) is 5.44. The maximum atomic E-state index is 13.1. The van der Waals surface area contributed by atoms with E-state index in [-0.39, 0.29) is 22.8 Å². The normalized spacial score (nSPS) is 15.4. The van der Waals surface area contributed by atoms with E-state index >= 15 is 0 Å². The van der Waals surface area contributed by atoms with Crippen LogP contribution >= 0.6 is 11.8 Å². The van der Waals surface area contributed by atoms with E-state index < -0.39 is 5.25 Å². The molecular formula is C20H18FN3O3S. The molecule has 0 saturated carbocycles. The molecule has 0 bridgehead atoms. The summed E-state index contributed by atoms with van der Waals surface area (Å²) in [6.07, 6.45) is 0. The minimum atomic E-state index is -0.499. The standard InChI is InChI=1S/C20H18FN3O3S/c21-16-8-6-15(7-9-16)18-22-23-20(27-18)28-17(14-4-2-1-3-5-14)19(25)24-10-12-26-13-11-24/h1-9,17H,10-13H2/t17-/m1/s1. The molecule has 0 unspecified atom stereocenters. The molecule has 28 heavy (non-hydrogen) atoms. The lowest BCUT2D eigenvalue weighted by Gasteiger charge is -2.29. The molecule has 0 spiro atoms. The van der Waals surface area contributed by atoms with Crippen LogP contribution in [0.2, 0.25) is 0 Å². The Labute approximate surface area is 165 Å². The molecule has 1 aromatic heterocycles. The lowest BCUT2D eigenvalue weighted by molar-refractivity contribution is -0.134. The first-order valence-corrected chi connectivity index (χ1v) is 9.76. The smallest absolute Gasteiger partial charge is 0.277 e. The first kappa shape index (κ1) is 18.6. The number of carbonyl (C=O) groups is 1. The Hall–Kier alpha value is -2.71. The summed E-state index contributed by atoms with van der Waals surface area (Å²) in [5.74, 6) is -0.0627. The Morgan fingerprint density at radius 3 is 2.46 bits per heavy atom. The van der Waals surface area contributed by atoms with Gasteiger partial charge in [0.1, 0.15) is 11.1 Å². The SMILES string of the molecule is O=C([C@H](Sc1nnc(-c2ccc(F)cc2)o1)c1ccccc1)N1CCOCC1. The van der Waals surface area contributed by atoms with Crippen LogP contribution in [0.15, 0.2) is 64.2 Å². The van der Waals surface area contributed by atoms with Crippen molar-refractivity contribution in [3.8, 4) is 11.5 Å². The fourth-order valence-corrected chi connectivity index (χ4v) is 3.87. The van der Waals surface area contributed by atoms with Crippen molar-refractivity contribution in [3.05, 3.63) is 66.0 Å². The van der Waals surface area contributed by atoms with Gasteiger partial charge in [0.25, 0.3) is 5.22 Å². The number of nitrogens with zero attached hydrogens (tertiary/aromatic N) is 3. The molecule has 2 aromatic carbocycles. The molecule has 8 heteroatoms. The topological polar surface area (TPSA) is 68.5 Å². The summed E-state index contributed by atoms with van der Waals surface area (Å²) < 4.78 is 24.2. The quantitative estimate of drug-likeness (QED) is 0.611. The molecular weight excluding hydrogens is 381 g/mol. The van der Waals surface area contributed by atoms with Gasteiger partial charge in [0.15, 0.2) is 0 Å². The summed E-state index contributed by atoms with van der Waals surface area (Å²) in [6.45, 7) is 2.20. The van der Waals surface area contributed by atoms with Gasteiger partial charge in [-0.1, -0.05) is 30.3 Å². The average molecular weight is 399 g/mol. The number of aromatic nitrogens is 2. The maximum absolute atomic E-state index is 13.1. The highest BCUT2D eigenvalue weighted by Crippen LogP contribution is 2.37. The first-order valence-electron chi connectivity index (χ1n) is 8.88. The van der Waals surface area contributed by atoms with Crippen LogP contribution < -0.4 is 0 Å². The van der Waals surface area contributed by atoms with Crippen LogP contribution in [0.5, 0.6) is 0 Å². The van der Waals surface area contributed by atoms with Crippen molar-refractivity contribution in [2.24, 2.45) is 0 Å². The van der Waals surface area contributed by atoms with E-state index in [9.17, 15) is 9.18 Å². The predicted molar refractivity (Wildman–Crippen MR) is 102 cm³/mol. The Morgan fingerprint density at radius 2 is 1.75 bits per heavy atom. The number of ether oxygens (including phenoxy) is 1. The monoisotopic (exact) mass is 399 g/mol. The van der Waals surface area contributed by atoms with Gasteiger partial charge >= 0.3 is 0 Å². The number of rotatable bonds is 5. The van der Waals surface area contributed by atoms with Crippen LogP contribution in [0.3, 0.4) is 0 Å². The van der Waals surface area contributed by atoms with Gasteiger partial charge in [-0.15, -0.1) is 10.2 Å². The maximum Gasteiger partial charge on any atom is 0.277 e. The van der Waals surface area contributed by atoms with Crippen molar-refractivity contribution >= 4 is 17.7 Å². The number of morpholine rings is 1. The van der Waals surface area contributed by atoms with Gasteiger partial charge in [-0.25, -0.2) is 4.39 Å². The van der Waals surface area contributed by atoms with Crippen molar-refractivity contribution in [2.45, 2.75) is 10.5 Å². The van der Waals surface area contributed by atoms with Gasteiger partial charge < -0.3 is 14.1 Å². The zero-order chi connectivity index (χ0) is 19.3. The summed E-state index contributed by atoms with van der Waals surface area (Å²) in [5.41, 5.74) is 1.49. The summed E-state index contributed by atoms with van der Waals surface area (Å²) in [4.78, 5) is 14.9. The highest BCUT2D eigenvalue weighted by atomic mass is 32.2. The Bertz CT molecular complexity index is 927.